The molecule has 146 valence electrons. The minimum atomic E-state index is -0.118. The maximum atomic E-state index is 5.30. The van der Waals surface area contributed by atoms with Crippen molar-refractivity contribution in [1.29, 1.82) is 0 Å². The maximum absolute atomic E-state index is 5.30. The highest BCUT2D eigenvalue weighted by atomic mass is 16.5. The number of ether oxygens (including phenoxy) is 1. The topological polar surface area (TPSA) is 59.1 Å². The number of nitrogens with one attached hydrogen (secondary N) is 2. The normalized spacial score (nSPS) is 11.1. The minimum absolute atomic E-state index is 0.118. The van der Waals surface area contributed by atoms with Crippen LogP contribution in [0.3, 0.4) is 0 Å². The molecule has 0 saturated heterocycles. The van der Waals surface area contributed by atoms with Gasteiger partial charge in [-0.2, -0.15) is 4.98 Å². The summed E-state index contributed by atoms with van der Waals surface area (Å²) in [7, 11) is 1.69. The molecule has 0 aliphatic carbocycles. The summed E-state index contributed by atoms with van der Waals surface area (Å²) in [6.07, 6.45) is 0.879. The highest BCUT2D eigenvalue weighted by Crippen LogP contribution is 2.23. The first kappa shape index (κ1) is 19.7. The quantitative estimate of drug-likeness (QED) is 0.606. The molecule has 0 bridgehead atoms. The number of anilines is 2. The minimum Gasteiger partial charge on any atom is -0.497 e. The third kappa shape index (κ3) is 5.71. The number of benzene rings is 2. The van der Waals surface area contributed by atoms with Crippen molar-refractivity contribution in [3.8, 4) is 17.0 Å². The molecule has 0 spiro atoms. The van der Waals surface area contributed by atoms with E-state index in [0.29, 0.717) is 5.95 Å². The zero-order chi connectivity index (χ0) is 20.0. The second kappa shape index (κ2) is 8.74. The molecular weight excluding hydrogens is 348 g/mol. The number of hydrogen-bond acceptors (Lipinski definition) is 5. The van der Waals surface area contributed by atoms with Crippen LogP contribution >= 0.6 is 0 Å². The van der Waals surface area contributed by atoms with E-state index in [-0.39, 0.29) is 5.54 Å². The van der Waals surface area contributed by atoms with Crippen molar-refractivity contribution in [3.05, 3.63) is 66.2 Å². The summed E-state index contributed by atoms with van der Waals surface area (Å²) >= 11 is 0. The first-order valence-corrected chi connectivity index (χ1v) is 9.52. The molecular formula is C23H28N4O. The number of methoxy groups -OCH3 is 1. The maximum Gasteiger partial charge on any atom is 0.225 e. The van der Waals surface area contributed by atoms with E-state index in [1.807, 2.05) is 36.4 Å². The second-order valence-corrected chi connectivity index (χ2v) is 7.73. The molecule has 1 heterocycles. The van der Waals surface area contributed by atoms with E-state index in [0.717, 1.165) is 35.8 Å². The Hall–Kier alpha value is -3.08. The van der Waals surface area contributed by atoms with Crippen LogP contribution in [-0.4, -0.2) is 29.2 Å². The van der Waals surface area contributed by atoms with Gasteiger partial charge in [-0.25, -0.2) is 4.98 Å². The van der Waals surface area contributed by atoms with E-state index in [1.165, 1.54) is 5.56 Å². The first-order chi connectivity index (χ1) is 13.4. The Morgan fingerprint density at radius 3 is 2.43 bits per heavy atom. The molecule has 2 N–H and O–H groups in total. The van der Waals surface area contributed by atoms with Crippen molar-refractivity contribution in [2.75, 3.05) is 24.3 Å². The predicted octanol–water partition coefficient (Wildman–Crippen LogP) is 5.02. The Morgan fingerprint density at radius 2 is 1.71 bits per heavy atom. The average molecular weight is 377 g/mol. The molecule has 5 heteroatoms. The largest absolute Gasteiger partial charge is 0.497 e. The van der Waals surface area contributed by atoms with Gasteiger partial charge >= 0.3 is 0 Å². The SMILES string of the molecule is COc1cccc(CCNc2cc(-c3ccccc3)nc(NC(C)(C)C)n2)c1. The van der Waals surface area contributed by atoms with Gasteiger partial charge in [-0.15, -0.1) is 0 Å². The molecule has 28 heavy (non-hydrogen) atoms. The highest BCUT2D eigenvalue weighted by Gasteiger charge is 2.13. The standard InChI is InChI=1S/C23H28N4O/c1-23(2,3)27-22-25-20(18-10-6-5-7-11-18)16-21(26-22)24-14-13-17-9-8-12-19(15-17)28-4/h5-12,15-16H,13-14H2,1-4H3,(H2,24,25,26,27). The molecule has 0 amide bonds. The van der Waals surface area contributed by atoms with Gasteiger partial charge in [-0.3, -0.25) is 0 Å². The number of rotatable bonds is 7. The summed E-state index contributed by atoms with van der Waals surface area (Å²) in [4.78, 5) is 9.35. The van der Waals surface area contributed by atoms with E-state index in [2.05, 4.69) is 60.7 Å². The van der Waals surface area contributed by atoms with Crippen molar-refractivity contribution >= 4 is 11.8 Å². The fourth-order valence-electron chi connectivity index (χ4n) is 2.85. The lowest BCUT2D eigenvalue weighted by atomic mass is 10.1. The first-order valence-electron chi connectivity index (χ1n) is 9.52. The Labute approximate surface area is 167 Å². The molecule has 3 aromatic rings. The lowest BCUT2D eigenvalue weighted by Crippen LogP contribution is -2.27. The average Bonchev–Trinajstić information content (AvgIpc) is 2.67. The number of nitrogens with zero attached hydrogens (tertiary/aromatic N) is 2. The van der Waals surface area contributed by atoms with E-state index in [4.69, 9.17) is 9.72 Å². The van der Waals surface area contributed by atoms with Crippen molar-refractivity contribution in [1.82, 2.24) is 9.97 Å². The Bertz CT molecular complexity index is 904. The Kier molecular flexibility index (Phi) is 6.14. The summed E-state index contributed by atoms with van der Waals surface area (Å²) < 4.78 is 5.30. The fraction of sp³-hybridized carbons (Fsp3) is 0.304. The molecule has 0 fully saturated rings. The van der Waals surface area contributed by atoms with Crippen LogP contribution in [0.2, 0.25) is 0 Å². The molecule has 5 nitrogen and oxygen atoms in total. The summed E-state index contributed by atoms with van der Waals surface area (Å²) in [6, 6.07) is 20.3. The second-order valence-electron chi connectivity index (χ2n) is 7.73. The van der Waals surface area contributed by atoms with Crippen LogP contribution in [0.15, 0.2) is 60.7 Å². The van der Waals surface area contributed by atoms with Gasteiger partial charge in [0.25, 0.3) is 0 Å². The van der Waals surface area contributed by atoms with E-state index in [9.17, 15) is 0 Å². The monoisotopic (exact) mass is 376 g/mol. The fourth-order valence-corrected chi connectivity index (χ4v) is 2.85. The molecule has 0 aliphatic rings. The summed E-state index contributed by atoms with van der Waals surface area (Å²) in [5.41, 5.74) is 3.06. The molecule has 2 aromatic carbocycles. The van der Waals surface area contributed by atoms with Crippen LogP contribution in [0, 0.1) is 0 Å². The third-order valence-corrected chi connectivity index (χ3v) is 4.14. The molecule has 0 radical (unpaired) electrons. The summed E-state index contributed by atoms with van der Waals surface area (Å²) in [5.74, 6) is 2.31. The van der Waals surface area contributed by atoms with Gasteiger partial charge in [0.05, 0.1) is 12.8 Å². The van der Waals surface area contributed by atoms with Gasteiger partial charge in [0.15, 0.2) is 0 Å². The van der Waals surface area contributed by atoms with Gasteiger partial charge in [0, 0.05) is 23.7 Å². The zero-order valence-electron chi connectivity index (χ0n) is 17.0. The van der Waals surface area contributed by atoms with Gasteiger partial charge < -0.3 is 15.4 Å². The molecule has 0 unspecified atom stereocenters. The summed E-state index contributed by atoms with van der Waals surface area (Å²) in [5, 5.41) is 6.81. The van der Waals surface area contributed by atoms with Gasteiger partial charge in [-0.05, 0) is 44.9 Å². The molecule has 0 atom stereocenters. The van der Waals surface area contributed by atoms with Crippen molar-refractivity contribution in [3.63, 3.8) is 0 Å². The van der Waals surface area contributed by atoms with Gasteiger partial charge in [0.2, 0.25) is 5.95 Å². The Morgan fingerprint density at radius 1 is 0.929 bits per heavy atom. The van der Waals surface area contributed by atoms with Crippen LogP contribution in [0.4, 0.5) is 11.8 Å². The van der Waals surface area contributed by atoms with Crippen LogP contribution in [0.25, 0.3) is 11.3 Å². The Balaban J connectivity index is 1.77. The van der Waals surface area contributed by atoms with Crippen LogP contribution < -0.4 is 15.4 Å². The molecule has 3 rings (SSSR count). The van der Waals surface area contributed by atoms with E-state index in [1.54, 1.807) is 7.11 Å². The number of hydrogen-bond donors (Lipinski definition) is 2. The van der Waals surface area contributed by atoms with E-state index >= 15 is 0 Å². The van der Waals surface area contributed by atoms with Crippen LogP contribution in [-0.2, 0) is 6.42 Å². The lowest BCUT2D eigenvalue weighted by Gasteiger charge is -2.21. The van der Waals surface area contributed by atoms with Crippen LogP contribution in [0.1, 0.15) is 26.3 Å². The third-order valence-electron chi connectivity index (χ3n) is 4.14. The van der Waals surface area contributed by atoms with Crippen molar-refractivity contribution < 1.29 is 4.74 Å². The zero-order valence-corrected chi connectivity index (χ0v) is 17.0. The molecule has 0 saturated carbocycles. The van der Waals surface area contributed by atoms with Gasteiger partial charge in [-0.1, -0.05) is 42.5 Å². The predicted molar refractivity (Wildman–Crippen MR) is 116 cm³/mol. The van der Waals surface area contributed by atoms with Crippen molar-refractivity contribution in [2.45, 2.75) is 32.7 Å². The molecule has 1 aromatic heterocycles. The molecule has 0 aliphatic heterocycles. The summed E-state index contributed by atoms with van der Waals surface area (Å²) in [6.45, 7) is 7.07. The van der Waals surface area contributed by atoms with Crippen LogP contribution in [0.5, 0.6) is 5.75 Å². The lowest BCUT2D eigenvalue weighted by molar-refractivity contribution is 0.414. The number of aromatic nitrogens is 2. The van der Waals surface area contributed by atoms with E-state index < -0.39 is 0 Å². The highest BCUT2D eigenvalue weighted by molar-refractivity contribution is 5.64. The van der Waals surface area contributed by atoms with Crippen molar-refractivity contribution in [2.24, 2.45) is 0 Å². The smallest absolute Gasteiger partial charge is 0.225 e. The van der Waals surface area contributed by atoms with Gasteiger partial charge in [0.1, 0.15) is 11.6 Å².